The number of fused-ring (bicyclic) bond motifs is 1. The molecular weight excluding hydrogens is 244 g/mol. The minimum Gasteiger partial charge on any atom is -0.321 e. The van der Waals surface area contributed by atoms with Gasteiger partial charge in [0, 0.05) is 23.3 Å². The quantitative estimate of drug-likeness (QED) is 0.780. The van der Waals surface area contributed by atoms with E-state index in [9.17, 15) is 0 Å². The Balaban J connectivity index is 2.05. The summed E-state index contributed by atoms with van der Waals surface area (Å²) in [5.41, 5.74) is 8.34. The highest BCUT2D eigenvalue weighted by Crippen LogP contribution is 2.42. The highest BCUT2D eigenvalue weighted by atomic mass is 14.8. The van der Waals surface area contributed by atoms with E-state index in [1.165, 1.54) is 35.6 Å². The molecule has 0 spiro atoms. The Hall–Kier alpha value is -1.41. The molecule has 1 aromatic heterocycles. The van der Waals surface area contributed by atoms with Gasteiger partial charge in [0.05, 0.1) is 0 Å². The Bertz CT molecular complexity index is 612. The first-order valence-electron chi connectivity index (χ1n) is 7.62. The molecule has 2 aromatic rings. The van der Waals surface area contributed by atoms with E-state index in [2.05, 4.69) is 43.1 Å². The van der Waals surface area contributed by atoms with Crippen molar-refractivity contribution in [2.24, 2.45) is 11.1 Å². The summed E-state index contributed by atoms with van der Waals surface area (Å²) in [5, 5.41) is 2.46. The van der Waals surface area contributed by atoms with E-state index < -0.39 is 0 Å². The Morgan fingerprint density at radius 2 is 1.90 bits per heavy atom. The second-order valence-electron chi connectivity index (χ2n) is 7.08. The highest BCUT2D eigenvalue weighted by molar-refractivity contribution is 5.85. The van der Waals surface area contributed by atoms with Crippen LogP contribution in [0.5, 0.6) is 0 Å². The summed E-state index contributed by atoms with van der Waals surface area (Å²) in [5.74, 6) is 0. The van der Waals surface area contributed by atoms with Crippen LogP contribution in [-0.2, 0) is 5.54 Å². The van der Waals surface area contributed by atoms with E-state index in [0.29, 0.717) is 5.41 Å². The first kappa shape index (κ1) is 13.6. The number of hydrogen-bond donors (Lipinski definition) is 1. The fourth-order valence-electron chi connectivity index (χ4n) is 3.51. The van der Waals surface area contributed by atoms with Crippen LogP contribution in [0.15, 0.2) is 36.7 Å². The van der Waals surface area contributed by atoms with Crippen LogP contribution < -0.4 is 5.73 Å². The third kappa shape index (κ3) is 2.45. The van der Waals surface area contributed by atoms with Gasteiger partial charge in [0.15, 0.2) is 0 Å². The molecule has 2 heteroatoms. The third-order valence-electron chi connectivity index (χ3n) is 4.94. The molecule has 0 saturated heterocycles. The maximum absolute atomic E-state index is 6.84. The van der Waals surface area contributed by atoms with Crippen molar-refractivity contribution in [3.8, 4) is 0 Å². The monoisotopic (exact) mass is 268 g/mol. The fourth-order valence-corrected chi connectivity index (χ4v) is 3.51. The van der Waals surface area contributed by atoms with Gasteiger partial charge in [0.2, 0.25) is 0 Å². The molecule has 0 amide bonds. The van der Waals surface area contributed by atoms with Crippen LogP contribution in [0.3, 0.4) is 0 Å². The number of aromatic nitrogens is 1. The summed E-state index contributed by atoms with van der Waals surface area (Å²) in [4.78, 5) is 4.30. The van der Waals surface area contributed by atoms with Gasteiger partial charge in [-0.2, -0.15) is 0 Å². The lowest BCUT2D eigenvalue weighted by molar-refractivity contribution is 0.299. The van der Waals surface area contributed by atoms with Gasteiger partial charge in [-0.1, -0.05) is 38.5 Å². The molecule has 0 aliphatic heterocycles. The second kappa shape index (κ2) is 4.85. The van der Waals surface area contributed by atoms with Gasteiger partial charge >= 0.3 is 0 Å². The fraction of sp³-hybridized carbons (Fsp3) is 0.500. The molecule has 1 fully saturated rings. The zero-order chi connectivity index (χ0) is 14.2. The first-order chi connectivity index (χ1) is 9.50. The van der Waals surface area contributed by atoms with Crippen LogP contribution in [0.4, 0.5) is 0 Å². The van der Waals surface area contributed by atoms with Gasteiger partial charge in [0.25, 0.3) is 0 Å². The third-order valence-corrected chi connectivity index (χ3v) is 4.94. The molecule has 106 valence electrons. The summed E-state index contributed by atoms with van der Waals surface area (Å²) >= 11 is 0. The SMILES string of the molecule is CC1(C)CCCC(N)(c2cccc3ccncc23)CC1. The summed E-state index contributed by atoms with van der Waals surface area (Å²) in [6.07, 6.45) is 9.63. The van der Waals surface area contributed by atoms with E-state index in [1.807, 2.05) is 12.4 Å². The molecule has 0 radical (unpaired) electrons. The van der Waals surface area contributed by atoms with E-state index in [-0.39, 0.29) is 5.54 Å². The lowest BCUT2D eigenvalue weighted by Gasteiger charge is -2.31. The number of nitrogens with zero attached hydrogens (tertiary/aromatic N) is 1. The molecule has 20 heavy (non-hydrogen) atoms. The summed E-state index contributed by atoms with van der Waals surface area (Å²) in [7, 11) is 0. The van der Waals surface area contributed by atoms with Crippen LogP contribution in [-0.4, -0.2) is 4.98 Å². The molecule has 1 heterocycles. The van der Waals surface area contributed by atoms with Crippen LogP contribution in [0.1, 0.15) is 51.5 Å². The van der Waals surface area contributed by atoms with E-state index in [0.717, 1.165) is 12.8 Å². The zero-order valence-corrected chi connectivity index (χ0v) is 12.5. The Labute approximate surface area is 121 Å². The highest BCUT2D eigenvalue weighted by Gasteiger charge is 2.34. The first-order valence-corrected chi connectivity index (χ1v) is 7.62. The lowest BCUT2D eigenvalue weighted by Crippen LogP contribution is -2.36. The van der Waals surface area contributed by atoms with Crippen LogP contribution in [0.2, 0.25) is 0 Å². The van der Waals surface area contributed by atoms with E-state index in [1.54, 1.807) is 0 Å². The molecule has 1 unspecified atom stereocenters. The minimum absolute atomic E-state index is 0.198. The predicted molar refractivity (Wildman–Crippen MR) is 84.5 cm³/mol. The molecule has 1 aliphatic rings. The summed E-state index contributed by atoms with van der Waals surface area (Å²) < 4.78 is 0. The minimum atomic E-state index is -0.198. The Morgan fingerprint density at radius 3 is 2.75 bits per heavy atom. The molecule has 1 aliphatic carbocycles. The van der Waals surface area contributed by atoms with Gasteiger partial charge in [-0.05, 0) is 48.1 Å². The molecule has 3 rings (SSSR count). The van der Waals surface area contributed by atoms with Crippen molar-refractivity contribution in [2.75, 3.05) is 0 Å². The van der Waals surface area contributed by atoms with Crippen molar-refractivity contribution in [1.82, 2.24) is 4.98 Å². The van der Waals surface area contributed by atoms with Crippen LogP contribution >= 0.6 is 0 Å². The predicted octanol–water partition coefficient (Wildman–Crippen LogP) is 4.38. The normalized spacial score (nSPS) is 26.4. The Kier molecular flexibility index (Phi) is 3.29. The molecule has 2 N–H and O–H groups in total. The second-order valence-corrected chi connectivity index (χ2v) is 7.08. The van der Waals surface area contributed by atoms with E-state index >= 15 is 0 Å². The average molecular weight is 268 g/mol. The lowest BCUT2D eigenvalue weighted by atomic mass is 9.80. The van der Waals surface area contributed by atoms with Crippen molar-refractivity contribution < 1.29 is 0 Å². The number of pyridine rings is 1. The van der Waals surface area contributed by atoms with Crippen molar-refractivity contribution in [3.05, 3.63) is 42.2 Å². The smallest absolute Gasteiger partial charge is 0.0416 e. The number of hydrogen-bond acceptors (Lipinski definition) is 2. The van der Waals surface area contributed by atoms with Gasteiger partial charge in [0.1, 0.15) is 0 Å². The maximum Gasteiger partial charge on any atom is 0.0416 e. The number of rotatable bonds is 1. The molecular formula is C18H24N2. The molecule has 1 saturated carbocycles. The van der Waals surface area contributed by atoms with Crippen molar-refractivity contribution in [1.29, 1.82) is 0 Å². The van der Waals surface area contributed by atoms with Crippen molar-refractivity contribution in [2.45, 2.75) is 51.5 Å². The van der Waals surface area contributed by atoms with Gasteiger partial charge in [-0.3, -0.25) is 4.98 Å². The number of benzene rings is 1. The topological polar surface area (TPSA) is 38.9 Å². The molecule has 1 atom stereocenters. The molecule has 2 nitrogen and oxygen atoms in total. The Morgan fingerprint density at radius 1 is 1.05 bits per heavy atom. The standard InChI is InChI=1S/C18H24N2/c1-17(2)8-4-9-18(19,11-10-17)16-6-3-5-14-7-12-20-13-15(14)16/h3,5-7,12-13H,4,8-11,19H2,1-2H3. The van der Waals surface area contributed by atoms with Crippen LogP contribution in [0, 0.1) is 5.41 Å². The van der Waals surface area contributed by atoms with E-state index in [4.69, 9.17) is 5.73 Å². The van der Waals surface area contributed by atoms with Crippen molar-refractivity contribution in [3.63, 3.8) is 0 Å². The van der Waals surface area contributed by atoms with Gasteiger partial charge in [-0.25, -0.2) is 0 Å². The van der Waals surface area contributed by atoms with Crippen molar-refractivity contribution >= 4 is 10.8 Å². The van der Waals surface area contributed by atoms with Gasteiger partial charge < -0.3 is 5.73 Å². The van der Waals surface area contributed by atoms with Gasteiger partial charge in [-0.15, -0.1) is 0 Å². The molecule has 1 aromatic carbocycles. The summed E-state index contributed by atoms with van der Waals surface area (Å²) in [6, 6.07) is 8.54. The van der Waals surface area contributed by atoms with Crippen LogP contribution in [0.25, 0.3) is 10.8 Å². The average Bonchev–Trinajstić information content (AvgIpc) is 2.58. The number of nitrogens with two attached hydrogens (primary N) is 1. The largest absolute Gasteiger partial charge is 0.321 e. The zero-order valence-electron chi connectivity index (χ0n) is 12.5. The molecule has 0 bridgehead atoms. The maximum atomic E-state index is 6.84. The summed E-state index contributed by atoms with van der Waals surface area (Å²) in [6.45, 7) is 4.73.